The lowest BCUT2D eigenvalue weighted by atomic mass is 9.75. The first-order valence-electron chi connectivity index (χ1n) is 5.67. The van der Waals surface area contributed by atoms with E-state index in [-0.39, 0.29) is 12.5 Å². The van der Waals surface area contributed by atoms with Gasteiger partial charge in [-0.15, -0.1) is 0 Å². The van der Waals surface area contributed by atoms with E-state index in [1.165, 1.54) is 0 Å². The maximum absolute atomic E-state index is 10.5. The molecule has 0 radical (unpaired) electrons. The number of aliphatic hydroxyl groups is 1. The number of ether oxygens (including phenoxy) is 1. The van der Waals surface area contributed by atoms with E-state index >= 15 is 0 Å². The number of carboxylic acids is 1. The summed E-state index contributed by atoms with van der Waals surface area (Å²) in [5.41, 5.74) is 0.0221. The third kappa shape index (κ3) is 3.28. The van der Waals surface area contributed by atoms with Crippen LogP contribution in [0.2, 0.25) is 0 Å². The maximum Gasteiger partial charge on any atom is 0.306 e. The van der Waals surface area contributed by atoms with Gasteiger partial charge in [0.15, 0.2) is 0 Å². The number of carbonyl (C=O) groups is 1. The average molecular weight is 236 g/mol. The van der Waals surface area contributed by atoms with Crippen LogP contribution in [0.15, 0.2) is 30.3 Å². The summed E-state index contributed by atoms with van der Waals surface area (Å²) in [6, 6.07) is 9.78. The Hall–Kier alpha value is -1.39. The Morgan fingerprint density at radius 3 is 2.59 bits per heavy atom. The number of hydrogen-bond acceptors (Lipinski definition) is 3. The molecule has 1 fully saturated rings. The van der Waals surface area contributed by atoms with E-state index in [2.05, 4.69) is 0 Å². The van der Waals surface area contributed by atoms with Crippen molar-refractivity contribution in [2.75, 3.05) is 0 Å². The summed E-state index contributed by atoms with van der Waals surface area (Å²) in [7, 11) is 0. The summed E-state index contributed by atoms with van der Waals surface area (Å²) in [6.45, 7) is 0.509. The first-order chi connectivity index (χ1) is 8.07. The molecule has 0 unspecified atom stereocenters. The lowest BCUT2D eigenvalue weighted by Crippen LogP contribution is -2.49. The predicted octanol–water partition coefficient (Wildman–Crippen LogP) is 1.57. The molecule has 4 heteroatoms. The minimum absolute atomic E-state index is 0.0282. The Morgan fingerprint density at radius 1 is 1.35 bits per heavy atom. The van der Waals surface area contributed by atoms with Gasteiger partial charge in [0.25, 0.3) is 0 Å². The minimum Gasteiger partial charge on any atom is -0.481 e. The predicted molar refractivity (Wildman–Crippen MR) is 61.5 cm³/mol. The molecule has 2 rings (SSSR count). The van der Waals surface area contributed by atoms with Crippen molar-refractivity contribution in [3.05, 3.63) is 35.9 Å². The van der Waals surface area contributed by atoms with Crippen molar-refractivity contribution in [2.45, 2.75) is 37.6 Å². The van der Waals surface area contributed by atoms with Crippen LogP contribution in [0.25, 0.3) is 0 Å². The van der Waals surface area contributed by atoms with Gasteiger partial charge < -0.3 is 14.9 Å². The molecular weight excluding hydrogens is 220 g/mol. The van der Waals surface area contributed by atoms with Crippen LogP contribution in [0.5, 0.6) is 0 Å². The molecule has 1 aliphatic carbocycles. The van der Waals surface area contributed by atoms with E-state index in [9.17, 15) is 9.90 Å². The number of hydrogen-bond donors (Lipinski definition) is 2. The first-order valence-corrected chi connectivity index (χ1v) is 5.67. The fourth-order valence-electron chi connectivity index (χ4n) is 2.12. The monoisotopic (exact) mass is 236 g/mol. The molecule has 0 aliphatic heterocycles. The first kappa shape index (κ1) is 12.1. The zero-order chi connectivity index (χ0) is 12.3. The van der Waals surface area contributed by atoms with Gasteiger partial charge in [0, 0.05) is 12.8 Å². The van der Waals surface area contributed by atoms with Gasteiger partial charge in [0.2, 0.25) is 0 Å². The van der Waals surface area contributed by atoms with Crippen molar-refractivity contribution >= 4 is 5.97 Å². The Morgan fingerprint density at radius 2 is 2.00 bits per heavy atom. The molecule has 0 amide bonds. The molecule has 4 nitrogen and oxygen atoms in total. The van der Waals surface area contributed by atoms with Crippen LogP contribution in [0.1, 0.15) is 24.8 Å². The van der Waals surface area contributed by atoms with E-state index in [0.717, 1.165) is 5.56 Å². The SMILES string of the molecule is O=C(O)CC1(O)CC(OCc2ccccc2)C1. The second-order valence-electron chi connectivity index (χ2n) is 4.62. The van der Waals surface area contributed by atoms with E-state index < -0.39 is 11.6 Å². The summed E-state index contributed by atoms with van der Waals surface area (Å²) in [6.07, 6.45) is 0.593. The van der Waals surface area contributed by atoms with Gasteiger partial charge in [-0.1, -0.05) is 30.3 Å². The smallest absolute Gasteiger partial charge is 0.306 e. The highest BCUT2D eigenvalue weighted by molar-refractivity contribution is 5.68. The molecule has 1 aromatic rings. The van der Waals surface area contributed by atoms with Crippen LogP contribution in [0.4, 0.5) is 0 Å². The molecular formula is C13H16O4. The molecule has 0 atom stereocenters. The van der Waals surface area contributed by atoms with Gasteiger partial charge in [0.05, 0.1) is 24.7 Å². The minimum atomic E-state index is -1.06. The van der Waals surface area contributed by atoms with Crippen LogP contribution in [-0.4, -0.2) is 27.9 Å². The summed E-state index contributed by atoms with van der Waals surface area (Å²) in [4.78, 5) is 10.5. The Balaban J connectivity index is 1.72. The molecule has 2 N–H and O–H groups in total. The highest BCUT2D eigenvalue weighted by Gasteiger charge is 2.44. The van der Waals surface area contributed by atoms with Crippen LogP contribution in [0.3, 0.4) is 0 Å². The standard InChI is InChI=1S/C13H16O4/c14-12(15)8-13(16)6-11(7-13)17-9-10-4-2-1-3-5-10/h1-5,11,16H,6-9H2,(H,14,15). The highest BCUT2D eigenvalue weighted by atomic mass is 16.5. The molecule has 0 spiro atoms. The zero-order valence-corrected chi connectivity index (χ0v) is 9.50. The Labute approximate surface area is 99.8 Å². The van der Waals surface area contributed by atoms with Crippen molar-refractivity contribution in [2.24, 2.45) is 0 Å². The molecule has 0 bridgehead atoms. The van der Waals surface area contributed by atoms with Crippen LogP contribution >= 0.6 is 0 Å². The lowest BCUT2D eigenvalue weighted by Gasteiger charge is -2.42. The number of rotatable bonds is 5. The number of carboxylic acid groups (broad SMARTS) is 1. The van der Waals surface area contributed by atoms with Crippen molar-refractivity contribution in [3.8, 4) is 0 Å². The third-order valence-corrected chi connectivity index (χ3v) is 3.02. The summed E-state index contributed by atoms with van der Waals surface area (Å²) in [5, 5.41) is 18.4. The quantitative estimate of drug-likeness (QED) is 0.814. The molecule has 1 aliphatic rings. The van der Waals surface area contributed by atoms with E-state index in [1.54, 1.807) is 0 Å². The summed E-state index contributed by atoms with van der Waals surface area (Å²) < 4.78 is 5.59. The lowest BCUT2D eigenvalue weighted by molar-refractivity contribution is -0.166. The summed E-state index contributed by atoms with van der Waals surface area (Å²) in [5.74, 6) is -0.964. The molecule has 92 valence electrons. The summed E-state index contributed by atoms with van der Waals surface area (Å²) >= 11 is 0. The molecule has 17 heavy (non-hydrogen) atoms. The van der Waals surface area contributed by atoms with E-state index in [4.69, 9.17) is 9.84 Å². The highest BCUT2D eigenvalue weighted by Crippen LogP contribution is 2.37. The van der Waals surface area contributed by atoms with Crippen LogP contribution in [0, 0.1) is 0 Å². The number of benzene rings is 1. The van der Waals surface area contributed by atoms with Crippen molar-refractivity contribution in [1.29, 1.82) is 0 Å². The van der Waals surface area contributed by atoms with Crippen molar-refractivity contribution < 1.29 is 19.7 Å². The Kier molecular flexibility index (Phi) is 3.45. The molecule has 0 heterocycles. The van der Waals surface area contributed by atoms with Crippen molar-refractivity contribution in [1.82, 2.24) is 0 Å². The second kappa shape index (κ2) is 4.85. The van der Waals surface area contributed by atoms with Gasteiger partial charge in [0.1, 0.15) is 0 Å². The Bertz CT molecular complexity index is 382. The molecule has 0 saturated heterocycles. The van der Waals surface area contributed by atoms with Crippen LogP contribution < -0.4 is 0 Å². The largest absolute Gasteiger partial charge is 0.481 e. The topological polar surface area (TPSA) is 66.8 Å². The third-order valence-electron chi connectivity index (χ3n) is 3.02. The van der Waals surface area contributed by atoms with Gasteiger partial charge in [-0.3, -0.25) is 4.79 Å². The maximum atomic E-state index is 10.5. The fourth-order valence-corrected chi connectivity index (χ4v) is 2.12. The van der Waals surface area contributed by atoms with Gasteiger partial charge in [-0.05, 0) is 5.56 Å². The van der Waals surface area contributed by atoms with Crippen LogP contribution in [-0.2, 0) is 16.1 Å². The van der Waals surface area contributed by atoms with E-state index in [0.29, 0.717) is 19.4 Å². The van der Waals surface area contributed by atoms with Gasteiger partial charge >= 0.3 is 5.97 Å². The molecule has 0 aromatic heterocycles. The molecule has 1 saturated carbocycles. The van der Waals surface area contributed by atoms with E-state index in [1.807, 2.05) is 30.3 Å². The van der Waals surface area contributed by atoms with Gasteiger partial charge in [-0.25, -0.2) is 0 Å². The van der Waals surface area contributed by atoms with Gasteiger partial charge in [-0.2, -0.15) is 0 Å². The second-order valence-corrected chi connectivity index (χ2v) is 4.62. The molecule has 1 aromatic carbocycles. The average Bonchev–Trinajstić information content (AvgIpc) is 2.24. The van der Waals surface area contributed by atoms with Crippen molar-refractivity contribution in [3.63, 3.8) is 0 Å². The number of aliphatic carboxylic acids is 1. The fraction of sp³-hybridized carbons (Fsp3) is 0.462. The normalized spacial score (nSPS) is 27.5. The zero-order valence-electron chi connectivity index (χ0n) is 9.50.